The highest BCUT2D eigenvalue weighted by molar-refractivity contribution is 5.81. The van der Waals surface area contributed by atoms with Crippen molar-refractivity contribution < 1.29 is 9.18 Å². The third-order valence-corrected chi connectivity index (χ3v) is 2.75. The Labute approximate surface area is 113 Å². The third kappa shape index (κ3) is 4.52. The van der Waals surface area contributed by atoms with Crippen molar-refractivity contribution in [2.45, 2.75) is 33.4 Å². The van der Waals surface area contributed by atoms with E-state index in [0.717, 1.165) is 5.56 Å². The molecule has 0 unspecified atom stereocenters. The van der Waals surface area contributed by atoms with Crippen molar-refractivity contribution in [3.05, 3.63) is 29.6 Å². The second-order valence-corrected chi connectivity index (χ2v) is 4.73. The van der Waals surface area contributed by atoms with Crippen molar-refractivity contribution in [1.82, 2.24) is 5.32 Å². The van der Waals surface area contributed by atoms with Crippen molar-refractivity contribution in [2.24, 2.45) is 5.73 Å². The fourth-order valence-electron chi connectivity index (χ4n) is 1.84. The summed E-state index contributed by atoms with van der Waals surface area (Å²) in [4.78, 5) is 13.4. The predicted molar refractivity (Wildman–Crippen MR) is 75.5 cm³/mol. The maximum absolute atomic E-state index is 14.0. The van der Waals surface area contributed by atoms with Crippen molar-refractivity contribution in [3.8, 4) is 0 Å². The van der Waals surface area contributed by atoms with Crippen LogP contribution < -0.4 is 16.0 Å². The number of nitrogens with two attached hydrogens (primary N) is 1. The van der Waals surface area contributed by atoms with Crippen LogP contribution in [0.4, 0.5) is 10.1 Å². The molecule has 4 nitrogen and oxygen atoms in total. The van der Waals surface area contributed by atoms with Gasteiger partial charge in [-0.3, -0.25) is 4.79 Å². The molecule has 0 aliphatic heterocycles. The van der Waals surface area contributed by atoms with Crippen LogP contribution >= 0.6 is 0 Å². The molecule has 0 fully saturated rings. The topological polar surface area (TPSA) is 58.4 Å². The van der Waals surface area contributed by atoms with Gasteiger partial charge in [-0.25, -0.2) is 4.39 Å². The molecular formula is C14H22FN3O. The van der Waals surface area contributed by atoms with Gasteiger partial charge in [0.1, 0.15) is 5.82 Å². The average Bonchev–Trinajstić information content (AvgIpc) is 2.35. The molecule has 19 heavy (non-hydrogen) atoms. The number of benzene rings is 1. The number of hydrogen-bond donors (Lipinski definition) is 2. The standard InChI is InChI=1S/C14H22FN3O/c1-4-18(9-14(19)17-10(2)3)13-6-5-11(8-16)7-12(13)15/h5-7,10H,4,8-9,16H2,1-3H3,(H,17,19). The SMILES string of the molecule is CCN(CC(=O)NC(C)C)c1ccc(CN)cc1F. The van der Waals surface area contributed by atoms with E-state index < -0.39 is 0 Å². The zero-order chi connectivity index (χ0) is 14.4. The maximum Gasteiger partial charge on any atom is 0.239 e. The maximum atomic E-state index is 14.0. The van der Waals surface area contributed by atoms with E-state index in [4.69, 9.17) is 5.73 Å². The minimum absolute atomic E-state index is 0.0793. The van der Waals surface area contributed by atoms with Crippen LogP contribution in [0.5, 0.6) is 0 Å². The minimum atomic E-state index is -0.345. The summed E-state index contributed by atoms with van der Waals surface area (Å²) in [6, 6.07) is 4.94. The molecule has 0 atom stereocenters. The van der Waals surface area contributed by atoms with Crippen LogP contribution in [0.25, 0.3) is 0 Å². The first-order valence-corrected chi connectivity index (χ1v) is 6.50. The number of rotatable bonds is 6. The first kappa shape index (κ1) is 15.4. The number of hydrogen-bond acceptors (Lipinski definition) is 3. The summed E-state index contributed by atoms with van der Waals surface area (Å²) >= 11 is 0. The average molecular weight is 267 g/mol. The van der Waals surface area contributed by atoms with Crippen molar-refractivity contribution in [2.75, 3.05) is 18.0 Å². The van der Waals surface area contributed by atoms with E-state index >= 15 is 0 Å². The Morgan fingerprint density at radius 3 is 2.63 bits per heavy atom. The van der Waals surface area contributed by atoms with E-state index in [9.17, 15) is 9.18 Å². The molecule has 3 N–H and O–H groups in total. The molecule has 0 saturated heterocycles. The first-order chi connectivity index (χ1) is 8.97. The summed E-state index contributed by atoms with van der Waals surface area (Å²) < 4.78 is 14.0. The molecule has 1 amide bonds. The highest BCUT2D eigenvalue weighted by Crippen LogP contribution is 2.20. The zero-order valence-electron chi connectivity index (χ0n) is 11.7. The van der Waals surface area contributed by atoms with E-state index in [2.05, 4.69) is 5.32 Å². The van der Waals surface area contributed by atoms with Gasteiger partial charge >= 0.3 is 0 Å². The molecule has 1 rings (SSSR count). The second-order valence-electron chi connectivity index (χ2n) is 4.73. The van der Waals surface area contributed by atoms with Crippen LogP contribution in [0.3, 0.4) is 0 Å². The van der Waals surface area contributed by atoms with Gasteiger partial charge in [-0.1, -0.05) is 6.07 Å². The minimum Gasteiger partial charge on any atom is -0.360 e. The predicted octanol–water partition coefficient (Wildman–Crippen LogP) is 1.64. The lowest BCUT2D eigenvalue weighted by atomic mass is 10.2. The smallest absolute Gasteiger partial charge is 0.239 e. The number of nitrogens with zero attached hydrogens (tertiary/aromatic N) is 1. The number of halogens is 1. The van der Waals surface area contributed by atoms with Crippen LogP contribution in [-0.4, -0.2) is 25.0 Å². The molecule has 5 heteroatoms. The monoisotopic (exact) mass is 267 g/mol. The Bertz CT molecular complexity index is 435. The lowest BCUT2D eigenvalue weighted by Crippen LogP contribution is -2.40. The Balaban J connectivity index is 2.82. The van der Waals surface area contributed by atoms with Gasteiger partial charge in [0.25, 0.3) is 0 Å². The van der Waals surface area contributed by atoms with Crippen LogP contribution in [0.15, 0.2) is 18.2 Å². The number of nitrogens with one attached hydrogen (secondary N) is 1. The Hall–Kier alpha value is -1.62. The Morgan fingerprint density at radius 2 is 2.16 bits per heavy atom. The summed E-state index contributed by atoms with van der Waals surface area (Å²) in [5.74, 6) is -0.457. The fourth-order valence-corrected chi connectivity index (χ4v) is 1.84. The van der Waals surface area contributed by atoms with Crippen molar-refractivity contribution >= 4 is 11.6 Å². The highest BCUT2D eigenvalue weighted by Gasteiger charge is 2.14. The molecule has 0 bridgehead atoms. The van der Waals surface area contributed by atoms with Crippen LogP contribution in [0.2, 0.25) is 0 Å². The van der Waals surface area contributed by atoms with Gasteiger partial charge in [0.15, 0.2) is 0 Å². The van der Waals surface area contributed by atoms with E-state index in [1.807, 2.05) is 20.8 Å². The van der Waals surface area contributed by atoms with Gasteiger partial charge in [-0.2, -0.15) is 0 Å². The molecule has 0 aliphatic carbocycles. The largest absolute Gasteiger partial charge is 0.360 e. The fraction of sp³-hybridized carbons (Fsp3) is 0.500. The van der Waals surface area contributed by atoms with Crippen molar-refractivity contribution in [3.63, 3.8) is 0 Å². The molecular weight excluding hydrogens is 245 g/mol. The van der Waals surface area contributed by atoms with Gasteiger partial charge in [0, 0.05) is 19.1 Å². The Kier molecular flexibility index (Phi) is 5.76. The second kappa shape index (κ2) is 7.09. The van der Waals surface area contributed by atoms with Gasteiger partial charge < -0.3 is 16.0 Å². The van der Waals surface area contributed by atoms with Crippen LogP contribution in [0.1, 0.15) is 26.3 Å². The van der Waals surface area contributed by atoms with E-state index in [1.165, 1.54) is 6.07 Å². The molecule has 0 spiro atoms. The van der Waals surface area contributed by atoms with Gasteiger partial charge in [-0.15, -0.1) is 0 Å². The number of likely N-dealkylation sites (N-methyl/N-ethyl adjacent to an activating group) is 1. The summed E-state index contributed by atoms with van der Waals surface area (Å²) in [6.45, 7) is 6.68. The van der Waals surface area contributed by atoms with Crippen LogP contribution in [-0.2, 0) is 11.3 Å². The first-order valence-electron chi connectivity index (χ1n) is 6.50. The molecule has 0 heterocycles. The molecule has 0 aliphatic rings. The van der Waals surface area contributed by atoms with Gasteiger partial charge in [-0.05, 0) is 38.5 Å². The molecule has 0 aromatic heterocycles. The lowest BCUT2D eigenvalue weighted by molar-refractivity contribution is -0.120. The number of carbonyl (C=O) groups excluding carboxylic acids is 1. The lowest BCUT2D eigenvalue weighted by Gasteiger charge is -2.24. The Morgan fingerprint density at radius 1 is 1.47 bits per heavy atom. The number of anilines is 1. The van der Waals surface area contributed by atoms with E-state index in [-0.39, 0.29) is 24.3 Å². The molecule has 0 radical (unpaired) electrons. The normalized spacial score (nSPS) is 10.6. The summed E-state index contributed by atoms with van der Waals surface area (Å²) in [5, 5.41) is 2.80. The van der Waals surface area contributed by atoms with E-state index in [0.29, 0.717) is 18.8 Å². The number of amides is 1. The van der Waals surface area contributed by atoms with Gasteiger partial charge in [0.2, 0.25) is 5.91 Å². The van der Waals surface area contributed by atoms with E-state index in [1.54, 1.807) is 17.0 Å². The summed E-state index contributed by atoms with van der Waals surface area (Å²) in [6.07, 6.45) is 0. The summed E-state index contributed by atoms with van der Waals surface area (Å²) in [7, 11) is 0. The molecule has 0 saturated carbocycles. The molecule has 1 aromatic carbocycles. The van der Waals surface area contributed by atoms with Crippen LogP contribution in [0, 0.1) is 5.82 Å². The molecule has 106 valence electrons. The summed E-state index contributed by atoms with van der Waals surface area (Å²) in [5.41, 5.74) is 6.64. The zero-order valence-corrected chi connectivity index (χ0v) is 11.7. The highest BCUT2D eigenvalue weighted by atomic mass is 19.1. The van der Waals surface area contributed by atoms with Crippen molar-refractivity contribution in [1.29, 1.82) is 0 Å². The third-order valence-electron chi connectivity index (χ3n) is 2.75. The quantitative estimate of drug-likeness (QED) is 0.823. The number of carbonyl (C=O) groups is 1. The van der Waals surface area contributed by atoms with Gasteiger partial charge in [0.05, 0.1) is 12.2 Å². The molecule has 1 aromatic rings.